The Morgan fingerprint density at radius 2 is 2.00 bits per heavy atom. The molecule has 0 N–H and O–H groups in total. The summed E-state index contributed by atoms with van der Waals surface area (Å²) in [6, 6.07) is 6.13. The van der Waals surface area contributed by atoms with E-state index in [0.29, 0.717) is 6.04 Å². The lowest BCUT2D eigenvalue weighted by molar-refractivity contribution is 0.203. The summed E-state index contributed by atoms with van der Waals surface area (Å²) in [5.74, 6) is 0.999. The second-order valence-electron chi connectivity index (χ2n) is 6.62. The lowest BCUT2D eigenvalue weighted by Gasteiger charge is -2.37. The maximum Gasteiger partial charge on any atom is 0.250 e. The molecule has 1 fully saturated rings. The number of piperidine rings is 1. The van der Waals surface area contributed by atoms with E-state index in [1.54, 1.807) is 24.0 Å². The van der Waals surface area contributed by atoms with E-state index in [2.05, 4.69) is 26.8 Å². The van der Waals surface area contributed by atoms with Gasteiger partial charge in [0.05, 0.1) is 0 Å². The highest BCUT2D eigenvalue weighted by Crippen LogP contribution is 2.21. The summed E-state index contributed by atoms with van der Waals surface area (Å²) >= 11 is 0. The van der Waals surface area contributed by atoms with Gasteiger partial charge in [-0.15, -0.1) is 0 Å². The van der Waals surface area contributed by atoms with Crippen LogP contribution in [0.15, 0.2) is 35.5 Å². The van der Waals surface area contributed by atoms with Gasteiger partial charge in [0.15, 0.2) is 0 Å². The number of pyridine rings is 1. The zero-order valence-electron chi connectivity index (χ0n) is 14.6. The predicted molar refractivity (Wildman–Crippen MR) is 95.2 cm³/mol. The Hall–Kier alpha value is -2.21. The summed E-state index contributed by atoms with van der Waals surface area (Å²) in [5.41, 5.74) is 2.23. The van der Waals surface area contributed by atoms with Crippen LogP contribution in [0.25, 0.3) is 0 Å². The molecule has 0 saturated carbocycles. The minimum absolute atomic E-state index is 0.0410. The Morgan fingerprint density at radius 1 is 1.25 bits per heavy atom. The molecule has 3 rings (SSSR count). The molecule has 0 atom stereocenters. The lowest BCUT2D eigenvalue weighted by atomic mass is 10.0. The number of likely N-dealkylation sites (tertiary alicyclic amines) is 1. The molecular weight excluding hydrogens is 302 g/mol. The SMILES string of the molecule is Cc1cc(N(C)C2CCN(Cc3ccc(=O)n(C)c3)CC2)ncn1. The molecule has 128 valence electrons. The molecule has 0 spiro atoms. The molecule has 0 bridgehead atoms. The van der Waals surface area contributed by atoms with Crippen molar-refractivity contribution in [1.82, 2.24) is 19.4 Å². The van der Waals surface area contributed by atoms with E-state index in [1.807, 2.05) is 25.3 Å². The van der Waals surface area contributed by atoms with Gasteiger partial charge in [0.2, 0.25) is 5.56 Å². The minimum Gasteiger partial charge on any atom is -0.356 e. The zero-order valence-corrected chi connectivity index (χ0v) is 14.6. The standard InChI is InChI=1S/C18H25N5O/c1-14-10-17(20-13-19-14)22(3)16-6-8-23(9-7-16)12-15-4-5-18(24)21(2)11-15/h4-5,10-11,13,16H,6-9,12H2,1-3H3. The average molecular weight is 327 g/mol. The Balaban J connectivity index is 1.57. The molecule has 0 radical (unpaired) electrons. The van der Waals surface area contributed by atoms with Gasteiger partial charge in [-0.3, -0.25) is 9.69 Å². The van der Waals surface area contributed by atoms with Crippen molar-refractivity contribution >= 4 is 5.82 Å². The van der Waals surface area contributed by atoms with Crippen molar-refractivity contribution in [3.8, 4) is 0 Å². The predicted octanol–water partition coefficient (Wildman–Crippen LogP) is 1.58. The van der Waals surface area contributed by atoms with Crippen LogP contribution in [0.1, 0.15) is 24.1 Å². The summed E-state index contributed by atoms with van der Waals surface area (Å²) < 4.78 is 1.65. The summed E-state index contributed by atoms with van der Waals surface area (Å²) in [7, 11) is 3.92. The quantitative estimate of drug-likeness (QED) is 0.853. The Kier molecular flexibility index (Phi) is 4.94. The Labute approximate surface area is 142 Å². The van der Waals surface area contributed by atoms with E-state index < -0.39 is 0 Å². The normalized spacial score (nSPS) is 16.3. The fourth-order valence-electron chi connectivity index (χ4n) is 3.29. The van der Waals surface area contributed by atoms with E-state index in [1.165, 1.54) is 5.56 Å². The first-order valence-corrected chi connectivity index (χ1v) is 8.42. The van der Waals surface area contributed by atoms with Gasteiger partial charge in [0.25, 0.3) is 0 Å². The molecule has 3 heterocycles. The third-order valence-corrected chi connectivity index (χ3v) is 4.81. The largest absolute Gasteiger partial charge is 0.356 e. The van der Waals surface area contributed by atoms with Crippen LogP contribution >= 0.6 is 0 Å². The third-order valence-electron chi connectivity index (χ3n) is 4.81. The number of rotatable bonds is 4. The number of hydrogen-bond acceptors (Lipinski definition) is 5. The first-order valence-electron chi connectivity index (χ1n) is 8.42. The minimum atomic E-state index is 0.0410. The topological polar surface area (TPSA) is 54.3 Å². The highest BCUT2D eigenvalue weighted by molar-refractivity contribution is 5.39. The van der Waals surface area contributed by atoms with Gasteiger partial charge < -0.3 is 9.47 Å². The van der Waals surface area contributed by atoms with E-state index in [4.69, 9.17) is 0 Å². The fourth-order valence-corrected chi connectivity index (χ4v) is 3.29. The molecular formula is C18H25N5O. The second-order valence-corrected chi connectivity index (χ2v) is 6.62. The Bertz CT molecular complexity index is 749. The molecule has 6 heteroatoms. The van der Waals surface area contributed by atoms with E-state index in [0.717, 1.165) is 44.0 Å². The van der Waals surface area contributed by atoms with Crippen molar-refractivity contribution in [1.29, 1.82) is 0 Å². The molecule has 2 aromatic heterocycles. The Morgan fingerprint density at radius 3 is 2.67 bits per heavy atom. The molecule has 1 saturated heterocycles. The van der Waals surface area contributed by atoms with Gasteiger partial charge in [-0.05, 0) is 25.3 Å². The second kappa shape index (κ2) is 7.13. The number of aromatic nitrogens is 3. The van der Waals surface area contributed by atoms with E-state index >= 15 is 0 Å². The molecule has 0 amide bonds. The summed E-state index contributed by atoms with van der Waals surface area (Å²) in [6.07, 6.45) is 5.80. The van der Waals surface area contributed by atoms with Gasteiger partial charge >= 0.3 is 0 Å². The molecule has 0 aliphatic carbocycles. The molecule has 1 aliphatic rings. The van der Waals surface area contributed by atoms with Gasteiger partial charge in [-0.1, -0.05) is 6.07 Å². The summed E-state index contributed by atoms with van der Waals surface area (Å²) in [6.45, 7) is 5.01. The number of nitrogens with zero attached hydrogens (tertiary/aromatic N) is 5. The number of anilines is 1. The van der Waals surface area contributed by atoms with Crippen molar-refractivity contribution in [2.24, 2.45) is 7.05 Å². The maximum atomic E-state index is 11.5. The summed E-state index contributed by atoms with van der Waals surface area (Å²) in [5, 5.41) is 0. The third kappa shape index (κ3) is 3.82. The maximum absolute atomic E-state index is 11.5. The number of hydrogen-bond donors (Lipinski definition) is 0. The molecule has 0 unspecified atom stereocenters. The van der Waals surface area contributed by atoms with Gasteiger partial charge in [0, 0.05) is 63.8 Å². The van der Waals surface area contributed by atoms with Crippen LogP contribution in [0.3, 0.4) is 0 Å². The molecule has 2 aromatic rings. The highest BCUT2D eigenvalue weighted by atomic mass is 16.1. The molecule has 0 aromatic carbocycles. The highest BCUT2D eigenvalue weighted by Gasteiger charge is 2.23. The average Bonchev–Trinajstić information content (AvgIpc) is 2.58. The van der Waals surface area contributed by atoms with Crippen LogP contribution < -0.4 is 10.5 Å². The van der Waals surface area contributed by atoms with E-state index in [-0.39, 0.29) is 5.56 Å². The van der Waals surface area contributed by atoms with Crippen LogP contribution in [-0.2, 0) is 13.6 Å². The van der Waals surface area contributed by atoms with Crippen LogP contribution in [0.5, 0.6) is 0 Å². The molecule has 6 nitrogen and oxygen atoms in total. The van der Waals surface area contributed by atoms with Crippen LogP contribution in [0, 0.1) is 6.92 Å². The van der Waals surface area contributed by atoms with Gasteiger partial charge in [-0.25, -0.2) is 9.97 Å². The van der Waals surface area contributed by atoms with Crippen molar-refractivity contribution in [2.75, 3.05) is 25.0 Å². The van der Waals surface area contributed by atoms with Crippen molar-refractivity contribution in [3.63, 3.8) is 0 Å². The lowest BCUT2D eigenvalue weighted by Crippen LogP contribution is -2.43. The van der Waals surface area contributed by atoms with Gasteiger partial charge in [-0.2, -0.15) is 0 Å². The van der Waals surface area contributed by atoms with Crippen molar-refractivity contribution in [2.45, 2.75) is 32.4 Å². The van der Waals surface area contributed by atoms with Crippen LogP contribution in [0.4, 0.5) is 5.82 Å². The van der Waals surface area contributed by atoms with Crippen LogP contribution in [0.2, 0.25) is 0 Å². The van der Waals surface area contributed by atoms with Gasteiger partial charge in [0.1, 0.15) is 12.1 Å². The zero-order chi connectivity index (χ0) is 17.1. The smallest absolute Gasteiger partial charge is 0.250 e. The van der Waals surface area contributed by atoms with E-state index in [9.17, 15) is 4.79 Å². The van der Waals surface area contributed by atoms with Crippen molar-refractivity contribution in [3.05, 3.63) is 52.3 Å². The fraction of sp³-hybridized carbons (Fsp3) is 0.500. The first-order chi connectivity index (χ1) is 11.5. The van der Waals surface area contributed by atoms with Crippen molar-refractivity contribution < 1.29 is 0 Å². The molecule has 24 heavy (non-hydrogen) atoms. The van der Waals surface area contributed by atoms with Crippen LogP contribution in [-0.4, -0.2) is 45.6 Å². The summed E-state index contributed by atoms with van der Waals surface area (Å²) in [4.78, 5) is 24.8. The number of aryl methyl sites for hydroxylation is 2. The molecule has 1 aliphatic heterocycles. The monoisotopic (exact) mass is 327 g/mol. The first kappa shape index (κ1) is 16.6.